The molecule has 1 atom stereocenters. The molecule has 7 heteroatoms. The van der Waals surface area contributed by atoms with Gasteiger partial charge in [0.15, 0.2) is 0 Å². The maximum atomic E-state index is 12.5. The number of hydrogen-bond donors (Lipinski definition) is 3. The Morgan fingerprint density at radius 2 is 2.14 bits per heavy atom. The Morgan fingerprint density at radius 1 is 1.41 bits per heavy atom. The van der Waals surface area contributed by atoms with E-state index in [9.17, 15) is 13.2 Å². The van der Waals surface area contributed by atoms with Crippen LogP contribution in [-0.4, -0.2) is 26.9 Å². The first-order valence-corrected chi connectivity index (χ1v) is 8.93. The quantitative estimate of drug-likeness (QED) is 0.732. The molecule has 0 spiro atoms. The molecule has 1 amide bonds. The fourth-order valence-electron chi connectivity index (χ4n) is 2.61. The second-order valence-corrected chi connectivity index (χ2v) is 7.68. The monoisotopic (exact) mass is 325 g/mol. The molecule has 0 aliphatic carbocycles. The van der Waals surface area contributed by atoms with Crippen molar-refractivity contribution in [3.63, 3.8) is 0 Å². The van der Waals surface area contributed by atoms with E-state index < -0.39 is 22.0 Å². The smallest absolute Gasteiger partial charge is 0.264 e. The van der Waals surface area contributed by atoms with Crippen LogP contribution in [0.2, 0.25) is 0 Å². The zero-order valence-corrected chi connectivity index (χ0v) is 13.7. The molecule has 4 N–H and O–H groups in total. The van der Waals surface area contributed by atoms with Crippen molar-refractivity contribution < 1.29 is 13.2 Å². The molecule has 6 nitrogen and oxygen atoms in total. The number of nitrogens with two attached hydrogens (primary N) is 1. The number of rotatable bonds is 5. The number of carbonyl (C=O) groups is 1. The van der Waals surface area contributed by atoms with Gasteiger partial charge in [0.1, 0.15) is 0 Å². The van der Waals surface area contributed by atoms with E-state index >= 15 is 0 Å². The van der Waals surface area contributed by atoms with E-state index in [0.29, 0.717) is 13.0 Å². The summed E-state index contributed by atoms with van der Waals surface area (Å²) in [6.07, 6.45) is 1.22. The zero-order valence-electron chi connectivity index (χ0n) is 12.9. The minimum absolute atomic E-state index is 0.155. The number of sulfonamides is 1. The van der Waals surface area contributed by atoms with E-state index in [1.807, 2.05) is 19.9 Å². The number of carbonyl (C=O) groups excluding carboxylic acids is 1. The second kappa shape index (κ2) is 6.76. The maximum Gasteiger partial charge on any atom is 0.264 e. The van der Waals surface area contributed by atoms with Crippen molar-refractivity contribution in [3.05, 3.63) is 29.3 Å². The molecule has 0 fully saturated rings. The number of nitrogens with one attached hydrogen (secondary N) is 2. The van der Waals surface area contributed by atoms with Gasteiger partial charge in [0, 0.05) is 6.54 Å². The lowest BCUT2D eigenvalue weighted by Gasteiger charge is -2.21. The maximum absolute atomic E-state index is 12.5. The molecular formula is C15H23N3O3S. The molecule has 1 aromatic rings. The summed E-state index contributed by atoms with van der Waals surface area (Å²) in [6, 6.07) is 4.32. The summed E-state index contributed by atoms with van der Waals surface area (Å²) in [6.45, 7) is 5.17. The molecule has 0 aromatic heterocycles. The highest BCUT2D eigenvalue weighted by molar-refractivity contribution is 7.90. The number of fused-ring (bicyclic) bond motifs is 1. The molecule has 0 saturated heterocycles. The standard InChI is InChI=1S/C15H23N3O3S/c1-10(2)8-13(16)15(19)18-22(20,21)14-5-3-4-11-6-7-17-9-12(11)14/h3-5,10,13,17H,6-9,16H2,1-2H3,(H,18,19)/t13-/m0/s1. The number of hydrogen-bond acceptors (Lipinski definition) is 5. The van der Waals surface area contributed by atoms with Gasteiger partial charge in [-0.3, -0.25) is 4.79 Å². The number of benzene rings is 1. The van der Waals surface area contributed by atoms with E-state index in [1.54, 1.807) is 6.07 Å². The summed E-state index contributed by atoms with van der Waals surface area (Å²) in [5, 5.41) is 3.15. The predicted octanol–water partition coefficient (Wildman–Crippen LogP) is 0.511. The fourth-order valence-corrected chi connectivity index (χ4v) is 3.92. The summed E-state index contributed by atoms with van der Waals surface area (Å²) in [5.74, 6) is -0.438. The van der Waals surface area contributed by atoms with E-state index in [1.165, 1.54) is 6.07 Å². The van der Waals surface area contributed by atoms with Gasteiger partial charge in [0.2, 0.25) is 0 Å². The van der Waals surface area contributed by atoms with Gasteiger partial charge in [-0.1, -0.05) is 26.0 Å². The van der Waals surface area contributed by atoms with Crippen LogP contribution in [-0.2, 0) is 27.8 Å². The van der Waals surface area contributed by atoms with Crippen molar-refractivity contribution in [2.24, 2.45) is 11.7 Å². The predicted molar refractivity (Wildman–Crippen MR) is 84.6 cm³/mol. The average Bonchev–Trinajstić information content (AvgIpc) is 2.45. The van der Waals surface area contributed by atoms with Crippen LogP contribution in [0.5, 0.6) is 0 Å². The van der Waals surface area contributed by atoms with Crippen LogP contribution in [0, 0.1) is 5.92 Å². The summed E-state index contributed by atoms with van der Waals surface area (Å²) >= 11 is 0. The van der Waals surface area contributed by atoms with Crippen LogP contribution in [0.15, 0.2) is 23.1 Å². The van der Waals surface area contributed by atoms with E-state index in [0.717, 1.165) is 24.1 Å². The molecule has 22 heavy (non-hydrogen) atoms. The van der Waals surface area contributed by atoms with Gasteiger partial charge in [-0.05, 0) is 42.5 Å². The molecule has 1 heterocycles. The summed E-state index contributed by atoms with van der Waals surface area (Å²) in [7, 11) is -3.90. The molecular weight excluding hydrogens is 302 g/mol. The molecule has 122 valence electrons. The Hall–Kier alpha value is -1.44. The van der Waals surface area contributed by atoms with Gasteiger partial charge in [0.05, 0.1) is 10.9 Å². The van der Waals surface area contributed by atoms with E-state index in [-0.39, 0.29) is 10.8 Å². The molecule has 0 saturated carbocycles. The van der Waals surface area contributed by atoms with Gasteiger partial charge in [0.25, 0.3) is 15.9 Å². The number of amides is 1. The molecule has 1 aromatic carbocycles. The van der Waals surface area contributed by atoms with E-state index in [2.05, 4.69) is 10.0 Å². The Kier molecular flexibility index (Phi) is 5.20. The van der Waals surface area contributed by atoms with E-state index in [4.69, 9.17) is 5.73 Å². The van der Waals surface area contributed by atoms with Crippen molar-refractivity contribution in [3.8, 4) is 0 Å². The SMILES string of the molecule is CC(C)C[C@H](N)C(=O)NS(=O)(=O)c1cccc2c1CNCC2. The largest absolute Gasteiger partial charge is 0.320 e. The minimum atomic E-state index is -3.90. The molecule has 1 aliphatic heterocycles. The van der Waals surface area contributed by atoms with Crippen molar-refractivity contribution >= 4 is 15.9 Å². The third-order valence-electron chi connectivity index (χ3n) is 3.69. The summed E-state index contributed by atoms with van der Waals surface area (Å²) in [5.41, 5.74) is 7.48. The first-order valence-electron chi connectivity index (χ1n) is 7.45. The van der Waals surface area contributed by atoms with Crippen molar-refractivity contribution in [2.45, 2.75) is 44.2 Å². The van der Waals surface area contributed by atoms with Crippen LogP contribution in [0.1, 0.15) is 31.4 Å². The first-order chi connectivity index (χ1) is 10.3. The first kappa shape index (κ1) is 16.9. The summed E-state index contributed by atoms with van der Waals surface area (Å²) in [4.78, 5) is 12.2. The lowest BCUT2D eigenvalue weighted by atomic mass is 10.0. The molecule has 0 unspecified atom stereocenters. The normalized spacial score (nSPS) is 16.2. The highest BCUT2D eigenvalue weighted by atomic mass is 32.2. The van der Waals surface area contributed by atoms with Crippen LogP contribution < -0.4 is 15.8 Å². The second-order valence-electron chi connectivity index (χ2n) is 6.03. The van der Waals surface area contributed by atoms with Gasteiger partial charge in [-0.25, -0.2) is 13.1 Å². The zero-order chi connectivity index (χ0) is 16.3. The molecule has 2 rings (SSSR count). The van der Waals surface area contributed by atoms with Crippen LogP contribution >= 0.6 is 0 Å². The van der Waals surface area contributed by atoms with Crippen LogP contribution in [0.3, 0.4) is 0 Å². The fraction of sp³-hybridized carbons (Fsp3) is 0.533. The third kappa shape index (κ3) is 3.85. The average molecular weight is 325 g/mol. The molecule has 0 radical (unpaired) electrons. The van der Waals surface area contributed by atoms with Crippen LogP contribution in [0.4, 0.5) is 0 Å². The molecule has 0 bridgehead atoms. The van der Waals surface area contributed by atoms with Gasteiger partial charge < -0.3 is 11.1 Å². The van der Waals surface area contributed by atoms with Crippen molar-refractivity contribution in [1.29, 1.82) is 0 Å². The van der Waals surface area contributed by atoms with Crippen molar-refractivity contribution in [2.75, 3.05) is 6.54 Å². The lowest BCUT2D eigenvalue weighted by molar-refractivity contribution is -0.120. The Morgan fingerprint density at radius 3 is 2.82 bits per heavy atom. The Balaban J connectivity index is 2.23. The van der Waals surface area contributed by atoms with Gasteiger partial charge >= 0.3 is 0 Å². The lowest BCUT2D eigenvalue weighted by Crippen LogP contribution is -2.44. The van der Waals surface area contributed by atoms with Crippen molar-refractivity contribution in [1.82, 2.24) is 10.0 Å². The summed E-state index contributed by atoms with van der Waals surface area (Å²) < 4.78 is 27.1. The topological polar surface area (TPSA) is 101 Å². The van der Waals surface area contributed by atoms with Gasteiger partial charge in [-0.15, -0.1) is 0 Å². The minimum Gasteiger partial charge on any atom is -0.320 e. The van der Waals surface area contributed by atoms with Gasteiger partial charge in [-0.2, -0.15) is 0 Å². The highest BCUT2D eigenvalue weighted by Gasteiger charge is 2.26. The Bertz CT molecular complexity index is 656. The third-order valence-corrected chi connectivity index (χ3v) is 5.12. The Labute approximate surface area is 131 Å². The van der Waals surface area contributed by atoms with Crippen LogP contribution in [0.25, 0.3) is 0 Å². The highest BCUT2D eigenvalue weighted by Crippen LogP contribution is 2.22. The molecule has 1 aliphatic rings.